The zero-order valence-electron chi connectivity index (χ0n) is 13.5. The molecular formula is C17H22N4O2. The molecule has 0 bridgehead atoms. The highest BCUT2D eigenvalue weighted by Crippen LogP contribution is 2.22. The van der Waals surface area contributed by atoms with Gasteiger partial charge in [-0.2, -0.15) is 5.10 Å². The molecule has 0 radical (unpaired) electrons. The molecule has 0 aliphatic carbocycles. The zero-order valence-corrected chi connectivity index (χ0v) is 13.5. The van der Waals surface area contributed by atoms with Gasteiger partial charge < -0.3 is 15.3 Å². The van der Waals surface area contributed by atoms with Gasteiger partial charge in [-0.25, -0.2) is 4.68 Å². The number of nitrogens with one attached hydrogen (secondary N) is 1. The summed E-state index contributed by atoms with van der Waals surface area (Å²) in [4.78, 5) is 14.2. The number of carbonyl (C=O) groups is 1. The molecule has 2 N–H and O–H groups in total. The maximum atomic E-state index is 12.5. The van der Waals surface area contributed by atoms with Crippen LogP contribution >= 0.6 is 0 Å². The van der Waals surface area contributed by atoms with E-state index in [9.17, 15) is 9.90 Å². The molecule has 0 saturated carbocycles. The monoisotopic (exact) mass is 314 g/mol. The lowest BCUT2D eigenvalue weighted by Crippen LogP contribution is -2.46. The molecule has 0 spiro atoms. The summed E-state index contributed by atoms with van der Waals surface area (Å²) in [5.41, 5.74) is 2.14. The third kappa shape index (κ3) is 3.22. The van der Waals surface area contributed by atoms with Crippen molar-refractivity contribution in [3.8, 4) is 11.4 Å². The van der Waals surface area contributed by atoms with Gasteiger partial charge in [0.15, 0.2) is 11.4 Å². The van der Waals surface area contributed by atoms with Gasteiger partial charge in [0.25, 0.3) is 5.91 Å². The van der Waals surface area contributed by atoms with Crippen LogP contribution in [0.5, 0.6) is 5.75 Å². The highest BCUT2D eigenvalue weighted by molar-refractivity contribution is 5.94. The second-order valence-electron chi connectivity index (χ2n) is 6.10. The predicted octanol–water partition coefficient (Wildman–Crippen LogP) is 1.75. The summed E-state index contributed by atoms with van der Waals surface area (Å²) in [5, 5.41) is 17.6. The summed E-state index contributed by atoms with van der Waals surface area (Å²) in [6.45, 7) is 7.05. The van der Waals surface area contributed by atoms with Crippen molar-refractivity contribution in [2.24, 2.45) is 0 Å². The number of aromatic nitrogens is 2. The number of hydrogen-bond acceptors (Lipinski definition) is 4. The van der Waals surface area contributed by atoms with Crippen LogP contribution in [0.2, 0.25) is 0 Å². The van der Waals surface area contributed by atoms with E-state index >= 15 is 0 Å². The molecule has 6 nitrogen and oxygen atoms in total. The molecule has 1 amide bonds. The van der Waals surface area contributed by atoms with Crippen molar-refractivity contribution in [1.82, 2.24) is 20.0 Å². The second kappa shape index (κ2) is 6.42. The first kappa shape index (κ1) is 15.6. The second-order valence-corrected chi connectivity index (χ2v) is 6.10. The van der Waals surface area contributed by atoms with E-state index in [1.807, 2.05) is 18.2 Å². The van der Waals surface area contributed by atoms with E-state index in [2.05, 4.69) is 30.3 Å². The summed E-state index contributed by atoms with van der Waals surface area (Å²) in [6, 6.07) is 7.96. The van der Waals surface area contributed by atoms with Gasteiger partial charge in [0, 0.05) is 26.2 Å². The molecule has 0 unspecified atom stereocenters. The molecule has 1 fully saturated rings. The first-order valence-electron chi connectivity index (χ1n) is 7.95. The van der Waals surface area contributed by atoms with Gasteiger partial charge in [-0.15, -0.1) is 0 Å². The first-order chi connectivity index (χ1) is 11.1. The van der Waals surface area contributed by atoms with Gasteiger partial charge in [0.2, 0.25) is 0 Å². The Bertz CT molecular complexity index is 702. The van der Waals surface area contributed by atoms with Crippen LogP contribution in [0, 0.1) is 0 Å². The number of rotatable bonds is 3. The number of nitrogens with zero attached hydrogens (tertiary/aromatic N) is 3. The van der Waals surface area contributed by atoms with Crippen LogP contribution in [0.15, 0.2) is 30.5 Å². The number of hydrogen-bond donors (Lipinski definition) is 2. The minimum absolute atomic E-state index is 0.0801. The van der Waals surface area contributed by atoms with Crippen molar-refractivity contribution >= 4 is 5.91 Å². The number of amides is 1. The predicted molar refractivity (Wildman–Crippen MR) is 88.1 cm³/mol. The van der Waals surface area contributed by atoms with Crippen molar-refractivity contribution in [2.75, 3.05) is 26.2 Å². The lowest BCUT2D eigenvalue weighted by atomic mass is 10.0. The van der Waals surface area contributed by atoms with Gasteiger partial charge in [0.05, 0.1) is 11.9 Å². The van der Waals surface area contributed by atoms with Gasteiger partial charge in [-0.1, -0.05) is 26.0 Å². The molecule has 0 atom stereocenters. The van der Waals surface area contributed by atoms with Gasteiger partial charge >= 0.3 is 0 Å². The number of aromatic hydroxyl groups is 1. The van der Waals surface area contributed by atoms with Crippen LogP contribution in [0.4, 0.5) is 0 Å². The number of piperazine rings is 1. The fraction of sp³-hybridized carbons (Fsp3) is 0.412. The minimum atomic E-state index is -0.220. The Labute approximate surface area is 135 Å². The summed E-state index contributed by atoms with van der Waals surface area (Å²) in [5.74, 6) is 0.104. The molecule has 23 heavy (non-hydrogen) atoms. The van der Waals surface area contributed by atoms with Crippen LogP contribution in [0.25, 0.3) is 5.69 Å². The van der Waals surface area contributed by atoms with E-state index in [4.69, 9.17) is 0 Å². The van der Waals surface area contributed by atoms with Gasteiger partial charge in [-0.3, -0.25) is 4.79 Å². The van der Waals surface area contributed by atoms with E-state index in [0.717, 1.165) is 18.8 Å². The summed E-state index contributed by atoms with van der Waals surface area (Å²) in [6.07, 6.45) is 1.49. The van der Waals surface area contributed by atoms with Crippen molar-refractivity contribution in [3.05, 3.63) is 41.7 Å². The fourth-order valence-corrected chi connectivity index (χ4v) is 2.69. The summed E-state index contributed by atoms with van der Waals surface area (Å²) in [7, 11) is 0. The standard InChI is InChI=1S/C17H22N4O2/c1-12(2)13-4-3-5-14(10-13)21-11-15(22)16(19-21)17(23)20-8-6-18-7-9-20/h3-5,10-12,18,22H,6-9H2,1-2H3. The Balaban J connectivity index is 1.88. The lowest BCUT2D eigenvalue weighted by molar-refractivity contribution is 0.0726. The highest BCUT2D eigenvalue weighted by Gasteiger charge is 2.24. The van der Waals surface area contributed by atoms with Crippen molar-refractivity contribution in [1.29, 1.82) is 0 Å². The third-order valence-corrected chi connectivity index (χ3v) is 4.10. The Hall–Kier alpha value is -2.34. The maximum absolute atomic E-state index is 12.5. The van der Waals surface area contributed by atoms with E-state index < -0.39 is 0 Å². The molecule has 1 aromatic carbocycles. The van der Waals surface area contributed by atoms with E-state index in [1.54, 1.807) is 9.58 Å². The van der Waals surface area contributed by atoms with Crippen molar-refractivity contribution in [2.45, 2.75) is 19.8 Å². The number of carbonyl (C=O) groups excluding carboxylic acids is 1. The molecule has 1 saturated heterocycles. The van der Waals surface area contributed by atoms with E-state index in [0.29, 0.717) is 19.0 Å². The summed E-state index contributed by atoms with van der Waals surface area (Å²) >= 11 is 0. The quantitative estimate of drug-likeness (QED) is 0.905. The number of benzene rings is 1. The summed E-state index contributed by atoms with van der Waals surface area (Å²) < 4.78 is 1.57. The van der Waals surface area contributed by atoms with Gasteiger partial charge in [0.1, 0.15) is 0 Å². The zero-order chi connectivity index (χ0) is 16.4. The first-order valence-corrected chi connectivity index (χ1v) is 7.95. The molecular weight excluding hydrogens is 292 g/mol. The van der Waals surface area contributed by atoms with Crippen molar-refractivity contribution in [3.63, 3.8) is 0 Å². The Morgan fingerprint density at radius 2 is 2.04 bits per heavy atom. The molecule has 1 aliphatic rings. The van der Waals surface area contributed by atoms with Crippen LogP contribution in [0.3, 0.4) is 0 Å². The molecule has 1 aromatic heterocycles. The minimum Gasteiger partial charge on any atom is -0.504 e. The van der Waals surface area contributed by atoms with Crippen LogP contribution in [-0.4, -0.2) is 51.9 Å². The lowest BCUT2D eigenvalue weighted by Gasteiger charge is -2.26. The van der Waals surface area contributed by atoms with Crippen molar-refractivity contribution < 1.29 is 9.90 Å². The van der Waals surface area contributed by atoms with E-state index in [1.165, 1.54) is 11.8 Å². The molecule has 6 heteroatoms. The Morgan fingerprint density at radius 3 is 2.74 bits per heavy atom. The molecule has 122 valence electrons. The van der Waals surface area contributed by atoms with Crippen LogP contribution in [-0.2, 0) is 0 Å². The fourth-order valence-electron chi connectivity index (χ4n) is 2.69. The smallest absolute Gasteiger partial charge is 0.278 e. The van der Waals surface area contributed by atoms with Crippen LogP contribution in [0.1, 0.15) is 35.8 Å². The topological polar surface area (TPSA) is 70.4 Å². The average Bonchev–Trinajstić information content (AvgIpc) is 2.97. The molecule has 2 heterocycles. The molecule has 1 aliphatic heterocycles. The normalized spacial score (nSPS) is 15.2. The average molecular weight is 314 g/mol. The SMILES string of the molecule is CC(C)c1cccc(-n2cc(O)c(C(=O)N3CCNCC3)n2)c1. The third-order valence-electron chi connectivity index (χ3n) is 4.10. The largest absolute Gasteiger partial charge is 0.504 e. The van der Waals surface area contributed by atoms with Gasteiger partial charge in [-0.05, 0) is 23.6 Å². The Morgan fingerprint density at radius 1 is 1.30 bits per heavy atom. The van der Waals surface area contributed by atoms with Crippen LogP contribution < -0.4 is 5.32 Å². The molecule has 3 rings (SSSR count). The molecule has 2 aromatic rings. The Kier molecular flexibility index (Phi) is 4.34. The highest BCUT2D eigenvalue weighted by atomic mass is 16.3. The maximum Gasteiger partial charge on any atom is 0.278 e. The van der Waals surface area contributed by atoms with E-state index in [-0.39, 0.29) is 17.4 Å².